The van der Waals surface area contributed by atoms with Crippen LogP contribution >= 0.6 is 0 Å². The average Bonchev–Trinajstić information content (AvgIpc) is 1.72. The van der Waals surface area contributed by atoms with Crippen LogP contribution < -0.4 is 0 Å². The summed E-state index contributed by atoms with van der Waals surface area (Å²) in [6, 6.07) is 12.0. The van der Waals surface area contributed by atoms with Gasteiger partial charge in [0.1, 0.15) is 0 Å². The van der Waals surface area contributed by atoms with Gasteiger partial charge in [0.2, 0.25) is 0 Å². The Balaban J connectivity index is 0.000000360. The Morgan fingerprint density at radius 1 is 0.429 bits per heavy atom. The molecule has 0 aliphatic rings. The quantitative estimate of drug-likeness (QED) is 0.573. The van der Waals surface area contributed by atoms with Crippen molar-refractivity contribution in [2.24, 2.45) is 0 Å². The van der Waals surface area contributed by atoms with Crippen LogP contribution in [0.2, 0.25) is 0 Å². The molecule has 1 heteroatoms. The van der Waals surface area contributed by atoms with Gasteiger partial charge in [-0.05, 0) is 0 Å². The van der Waals surface area contributed by atoms with E-state index < -0.39 is 0 Å². The first-order valence-electron chi connectivity index (χ1n) is 2.00. The number of benzene rings is 1. The Labute approximate surface area is 84.0 Å². The van der Waals surface area contributed by atoms with Gasteiger partial charge in [-0.2, -0.15) is 0 Å². The zero-order valence-electron chi connectivity index (χ0n) is 4.17. The number of hydrogen-bond donors (Lipinski definition) is 0. The van der Waals surface area contributed by atoms with Crippen LogP contribution in [0.3, 0.4) is 0 Å². The molecule has 0 amide bonds. The standard InChI is InChI=1S/C6H6.Ba/c1-2-4-6-5-3-1;/h1-6H;/q;+2. The van der Waals surface area contributed by atoms with E-state index in [4.69, 9.17) is 0 Å². The smallest absolute Gasteiger partial charge is 0.0623 e. The van der Waals surface area contributed by atoms with Crippen LogP contribution in [0, 0.1) is 0 Å². The average molecular weight is 215 g/mol. The van der Waals surface area contributed by atoms with Crippen molar-refractivity contribution >= 4 is 48.9 Å². The predicted octanol–water partition coefficient (Wildman–Crippen LogP) is 1.31. The van der Waals surface area contributed by atoms with Crippen molar-refractivity contribution in [2.45, 2.75) is 0 Å². The fraction of sp³-hybridized carbons (Fsp3) is 0. The zero-order chi connectivity index (χ0) is 4.24. The fourth-order valence-electron chi connectivity index (χ4n) is 0.385. The Hall–Kier alpha value is 0.791. The molecule has 0 atom stereocenters. The molecule has 0 fully saturated rings. The van der Waals surface area contributed by atoms with Crippen LogP contribution in [0.1, 0.15) is 0 Å². The topological polar surface area (TPSA) is 0 Å². The van der Waals surface area contributed by atoms with Gasteiger partial charge in [0.15, 0.2) is 0 Å². The van der Waals surface area contributed by atoms with Crippen molar-refractivity contribution < 1.29 is 0 Å². The van der Waals surface area contributed by atoms with E-state index in [1.165, 1.54) is 0 Å². The van der Waals surface area contributed by atoms with Gasteiger partial charge in [-0.3, -0.25) is 0 Å². The molecule has 0 bridgehead atoms. The summed E-state index contributed by atoms with van der Waals surface area (Å²) in [5.74, 6) is 0. The molecule has 7 heavy (non-hydrogen) atoms. The van der Waals surface area contributed by atoms with Gasteiger partial charge in [0, 0.05) is 0 Å². The van der Waals surface area contributed by atoms with Gasteiger partial charge < -0.3 is 0 Å². The molecule has 0 nitrogen and oxygen atoms in total. The molecule has 1 aromatic rings. The van der Waals surface area contributed by atoms with E-state index in [0.717, 1.165) is 0 Å². The molecule has 0 aromatic heterocycles. The first kappa shape index (κ1) is 7.79. The van der Waals surface area contributed by atoms with Crippen molar-refractivity contribution in [3.05, 3.63) is 36.4 Å². The minimum Gasteiger partial charge on any atom is -0.0623 e. The summed E-state index contributed by atoms with van der Waals surface area (Å²) < 4.78 is 0. The molecule has 0 saturated heterocycles. The molecule has 0 unspecified atom stereocenters. The van der Waals surface area contributed by atoms with Crippen molar-refractivity contribution in [3.8, 4) is 0 Å². The second kappa shape index (κ2) is 4.94. The first-order valence-corrected chi connectivity index (χ1v) is 2.00. The Bertz CT molecular complexity index is 76.1. The molecule has 0 N–H and O–H groups in total. The van der Waals surface area contributed by atoms with Gasteiger partial charge in [-0.15, -0.1) is 0 Å². The summed E-state index contributed by atoms with van der Waals surface area (Å²) in [5.41, 5.74) is 0. The van der Waals surface area contributed by atoms with E-state index in [0.29, 0.717) is 0 Å². The maximum absolute atomic E-state index is 2.00. The fourth-order valence-corrected chi connectivity index (χ4v) is 0.385. The van der Waals surface area contributed by atoms with Gasteiger partial charge in [0.25, 0.3) is 0 Å². The molecule has 0 spiro atoms. The number of rotatable bonds is 0. The van der Waals surface area contributed by atoms with E-state index in [-0.39, 0.29) is 48.9 Å². The maximum Gasteiger partial charge on any atom is 2.00 e. The second-order valence-corrected chi connectivity index (χ2v) is 1.15. The van der Waals surface area contributed by atoms with Crippen LogP contribution in [0.15, 0.2) is 36.4 Å². The zero-order valence-corrected chi connectivity index (χ0v) is 8.61. The third kappa shape index (κ3) is 3.38. The van der Waals surface area contributed by atoms with Crippen LogP contribution in [-0.2, 0) is 0 Å². The minimum atomic E-state index is 0. The summed E-state index contributed by atoms with van der Waals surface area (Å²) in [6.45, 7) is 0. The Morgan fingerprint density at radius 2 is 0.571 bits per heavy atom. The van der Waals surface area contributed by atoms with E-state index in [1.807, 2.05) is 36.4 Å². The summed E-state index contributed by atoms with van der Waals surface area (Å²) in [4.78, 5) is 0. The molecule has 0 radical (unpaired) electrons. The molecule has 0 heterocycles. The molecule has 1 aromatic carbocycles. The van der Waals surface area contributed by atoms with Gasteiger partial charge >= 0.3 is 48.9 Å². The molecule has 1 rings (SSSR count). The molecule has 0 aliphatic carbocycles. The van der Waals surface area contributed by atoms with Crippen LogP contribution in [0.4, 0.5) is 0 Å². The SMILES string of the molecule is [Ba+2].c1ccccc1. The Kier molecular flexibility index (Phi) is 5.50. The normalized spacial score (nSPS) is 6.86. The molecular weight excluding hydrogens is 209 g/mol. The van der Waals surface area contributed by atoms with Crippen molar-refractivity contribution in [3.63, 3.8) is 0 Å². The van der Waals surface area contributed by atoms with Crippen LogP contribution in [-0.4, -0.2) is 48.9 Å². The largest absolute Gasteiger partial charge is 2.00 e. The van der Waals surface area contributed by atoms with Crippen molar-refractivity contribution in [2.75, 3.05) is 0 Å². The Morgan fingerprint density at radius 3 is 0.714 bits per heavy atom. The predicted molar refractivity (Wildman–Crippen MR) is 32.2 cm³/mol. The maximum atomic E-state index is 2.00. The number of hydrogen-bond acceptors (Lipinski definition) is 0. The van der Waals surface area contributed by atoms with Gasteiger partial charge in [-0.25, -0.2) is 0 Å². The summed E-state index contributed by atoms with van der Waals surface area (Å²) >= 11 is 0. The second-order valence-electron chi connectivity index (χ2n) is 1.15. The van der Waals surface area contributed by atoms with Crippen LogP contribution in [0.25, 0.3) is 0 Å². The summed E-state index contributed by atoms with van der Waals surface area (Å²) in [6.07, 6.45) is 0. The third-order valence-electron chi connectivity index (χ3n) is 0.667. The minimum absolute atomic E-state index is 0. The first-order chi connectivity index (χ1) is 3.00. The summed E-state index contributed by atoms with van der Waals surface area (Å²) in [7, 11) is 0. The summed E-state index contributed by atoms with van der Waals surface area (Å²) in [5, 5.41) is 0. The molecule has 0 aliphatic heterocycles. The van der Waals surface area contributed by atoms with Crippen molar-refractivity contribution in [1.29, 1.82) is 0 Å². The van der Waals surface area contributed by atoms with E-state index in [1.54, 1.807) is 0 Å². The molecule has 0 saturated carbocycles. The van der Waals surface area contributed by atoms with E-state index >= 15 is 0 Å². The van der Waals surface area contributed by atoms with Crippen LogP contribution in [0.5, 0.6) is 0 Å². The van der Waals surface area contributed by atoms with E-state index in [9.17, 15) is 0 Å². The molecule has 30 valence electrons. The monoisotopic (exact) mass is 216 g/mol. The van der Waals surface area contributed by atoms with Gasteiger partial charge in [0.05, 0.1) is 0 Å². The van der Waals surface area contributed by atoms with E-state index in [2.05, 4.69) is 0 Å². The molecular formula is C6H6Ba+2. The third-order valence-corrected chi connectivity index (χ3v) is 0.667. The van der Waals surface area contributed by atoms with Crippen molar-refractivity contribution in [1.82, 2.24) is 0 Å². The van der Waals surface area contributed by atoms with Gasteiger partial charge in [-0.1, -0.05) is 36.4 Å².